The minimum atomic E-state index is 0.423. The van der Waals surface area contributed by atoms with Crippen molar-refractivity contribution in [2.75, 3.05) is 11.6 Å². The van der Waals surface area contributed by atoms with E-state index in [2.05, 4.69) is 4.98 Å². The normalized spacial score (nSPS) is 10.4. The maximum absolute atomic E-state index is 5.85. The van der Waals surface area contributed by atoms with Gasteiger partial charge in [0, 0.05) is 10.6 Å². The van der Waals surface area contributed by atoms with Crippen molar-refractivity contribution < 1.29 is 0 Å². The molecule has 0 aliphatic rings. The van der Waals surface area contributed by atoms with Gasteiger partial charge < -0.3 is 11.6 Å². The van der Waals surface area contributed by atoms with Crippen LogP contribution in [-0.2, 0) is 0 Å². The molecule has 1 aromatic heterocycles. The lowest BCUT2D eigenvalue weighted by Gasteiger charge is -2.00. The smallest absolute Gasteiger partial charge is 0.150 e. The van der Waals surface area contributed by atoms with Crippen LogP contribution in [0.4, 0.5) is 5.82 Å². The van der Waals surface area contributed by atoms with Crippen molar-refractivity contribution >= 4 is 17.4 Å². The van der Waals surface area contributed by atoms with E-state index in [1.165, 1.54) is 11.0 Å². The number of aromatic nitrogens is 2. The second-order valence-corrected chi connectivity index (χ2v) is 3.33. The van der Waals surface area contributed by atoms with Gasteiger partial charge in [0.1, 0.15) is 17.8 Å². The van der Waals surface area contributed by atoms with Gasteiger partial charge in [0.05, 0.1) is 0 Å². The van der Waals surface area contributed by atoms with Crippen LogP contribution in [0.5, 0.6) is 0 Å². The lowest BCUT2D eigenvalue weighted by Crippen LogP contribution is -2.09. The number of halogens is 1. The molecule has 0 spiro atoms. The molecule has 0 radical (unpaired) electrons. The predicted octanol–water partition coefficient (Wildman–Crippen LogP) is 1.50. The minimum absolute atomic E-state index is 0.423. The van der Waals surface area contributed by atoms with Gasteiger partial charge in [0.2, 0.25) is 0 Å². The van der Waals surface area contributed by atoms with E-state index in [4.69, 9.17) is 23.2 Å². The molecule has 0 aliphatic heterocycles. The van der Waals surface area contributed by atoms with Gasteiger partial charge in [0.15, 0.2) is 0 Å². The molecule has 0 fully saturated rings. The molecule has 2 rings (SSSR count). The zero-order valence-corrected chi connectivity index (χ0v) is 8.07. The molecule has 2 aromatic rings. The van der Waals surface area contributed by atoms with Crippen LogP contribution in [0.2, 0.25) is 5.02 Å². The molecule has 4 N–H and O–H groups in total. The summed E-state index contributed by atoms with van der Waals surface area (Å²) in [5.41, 5.74) is 7.23. The summed E-state index contributed by atoms with van der Waals surface area (Å²) >= 11 is 5.85. The Bertz CT molecular complexity index is 464. The van der Waals surface area contributed by atoms with Gasteiger partial charge >= 0.3 is 0 Å². The summed E-state index contributed by atoms with van der Waals surface area (Å²) in [6, 6.07) is 7.30. The second kappa shape index (κ2) is 3.23. The molecule has 0 unspecified atom stereocenters. The lowest BCUT2D eigenvalue weighted by atomic mass is 10.1. The Morgan fingerprint density at radius 1 is 1.36 bits per heavy atom. The minimum Gasteiger partial charge on any atom is -0.382 e. The van der Waals surface area contributed by atoms with Crippen LogP contribution in [0.25, 0.3) is 11.3 Å². The zero-order valence-electron chi connectivity index (χ0n) is 7.31. The van der Waals surface area contributed by atoms with Crippen molar-refractivity contribution in [3.8, 4) is 11.3 Å². The van der Waals surface area contributed by atoms with Crippen molar-refractivity contribution in [3.05, 3.63) is 35.6 Å². The monoisotopic (exact) mass is 208 g/mol. The van der Waals surface area contributed by atoms with Gasteiger partial charge in [-0.15, -0.1) is 0 Å². The molecule has 5 heteroatoms. The zero-order chi connectivity index (χ0) is 10.1. The van der Waals surface area contributed by atoms with Crippen molar-refractivity contribution in [1.82, 2.24) is 9.66 Å². The fourth-order valence-corrected chi connectivity index (χ4v) is 1.42. The summed E-state index contributed by atoms with van der Waals surface area (Å²) in [5.74, 6) is 5.94. The number of nitrogens with zero attached hydrogens (tertiary/aromatic N) is 2. The average Bonchev–Trinajstić information content (AvgIpc) is 2.48. The van der Waals surface area contributed by atoms with Crippen LogP contribution in [0.3, 0.4) is 0 Å². The Morgan fingerprint density at radius 2 is 2.14 bits per heavy atom. The third-order valence-electron chi connectivity index (χ3n) is 1.93. The first-order valence-electron chi connectivity index (χ1n) is 4.02. The summed E-state index contributed by atoms with van der Waals surface area (Å²) in [7, 11) is 0. The quantitative estimate of drug-likeness (QED) is 0.698. The number of hydrogen-bond acceptors (Lipinski definition) is 3. The SMILES string of the molecule is Nc1c(-c2cccc(Cl)c2)ncn1N. The Labute approximate surface area is 86.1 Å². The van der Waals surface area contributed by atoms with Crippen LogP contribution < -0.4 is 11.6 Å². The first-order valence-corrected chi connectivity index (χ1v) is 4.40. The van der Waals surface area contributed by atoms with E-state index in [-0.39, 0.29) is 0 Å². The molecule has 0 aliphatic carbocycles. The number of nitrogens with two attached hydrogens (primary N) is 2. The van der Waals surface area contributed by atoms with Crippen LogP contribution >= 0.6 is 11.6 Å². The molecule has 0 bridgehead atoms. The maximum Gasteiger partial charge on any atom is 0.150 e. The average molecular weight is 209 g/mol. The summed E-state index contributed by atoms with van der Waals surface area (Å²) in [4.78, 5) is 4.08. The van der Waals surface area contributed by atoms with Crippen molar-refractivity contribution in [2.45, 2.75) is 0 Å². The van der Waals surface area contributed by atoms with Crippen molar-refractivity contribution in [1.29, 1.82) is 0 Å². The molecule has 1 heterocycles. The fourth-order valence-electron chi connectivity index (χ4n) is 1.23. The van der Waals surface area contributed by atoms with Gasteiger partial charge in [-0.05, 0) is 12.1 Å². The van der Waals surface area contributed by atoms with Gasteiger partial charge in [0.25, 0.3) is 0 Å². The highest BCUT2D eigenvalue weighted by molar-refractivity contribution is 6.30. The molecule has 0 saturated carbocycles. The van der Waals surface area contributed by atoms with E-state index in [1.807, 2.05) is 12.1 Å². The summed E-state index contributed by atoms with van der Waals surface area (Å²) in [6.45, 7) is 0. The van der Waals surface area contributed by atoms with E-state index in [1.54, 1.807) is 12.1 Å². The van der Waals surface area contributed by atoms with Gasteiger partial charge in [-0.25, -0.2) is 9.66 Å². The molecule has 72 valence electrons. The molecule has 14 heavy (non-hydrogen) atoms. The van der Waals surface area contributed by atoms with E-state index >= 15 is 0 Å². The number of hydrogen-bond donors (Lipinski definition) is 2. The Kier molecular flexibility index (Phi) is 2.05. The summed E-state index contributed by atoms with van der Waals surface area (Å²) < 4.78 is 1.27. The molecule has 0 atom stereocenters. The van der Waals surface area contributed by atoms with Crippen molar-refractivity contribution in [2.24, 2.45) is 0 Å². The topological polar surface area (TPSA) is 69.9 Å². The van der Waals surface area contributed by atoms with Gasteiger partial charge in [-0.1, -0.05) is 23.7 Å². The first kappa shape index (κ1) is 8.90. The van der Waals surface area contributed by atoms with E-state index in [0.717, 1.165) is 5.56 Å². The Morgan fingerprint density at radius 3 is 2.71 bits per heavy atom. The molecule has 1 aromatic carbocycles. The van der Waals surface area contributed by atoms with Gasteiger partial charge in [-0.2, -0.15) is 0 Å². The van der Waals surface area contributed by atoms with Crippen LogP contribution in [0, 0.1) is 0 Å². The number of imidazole rings is 1. The van der Waals surface area contributed by atoms with Crippen LogP contribution in [0.15, 0.2) is 30.6 Å². The largest absolute Gasteiger partial charge is 0.382 e. The van der Waals surface area contributed by atoms with Crippen molar-refractivity contribution in [3.63, 3.8) is 0 Å². The Hall–Kier alpha value is -1.68. The number of rotatable bonds is 1. The standard InChI is InChI=1S/C9H9ClN4/c10-7-3-1-2-6(4-7)8-9(11)14(12)5-13-8/h1-5H,11-12H2. The molecule has 0 saturated heterocycles. The molecular weight excluding hydrogens is 200 g/mol. The van der Waals surface area contributed by atoms with E-state index < -0.39 is 0 Å². The highest BCUT2D eigenvalue weighted by Gasteiger charge is 2.07. The van der Waals surface area contributed by atoms with Gasteiger partial charge in [-0.3, -0.25) is 0 Å². The maximum atomic E-state index is 5.85. The third-order valence-corrected chi connectivity index (χ3v) is 2.17. The highest BCUT2D eigenvalue weighted by atomic mass is 35.5. The third kappa shape index (κ3) is 1.40. The fraction of sp³-hybridized carbons (Fsp3) is 0. The molecule has 4 nitrogen and oxygen atoms in total. The first-order chi connectivity index (χ1) is 6.68. The lowest BCUT2D eigenvalue weighted by molar-refractivity contribution is 1.01. The van der Waals surface area contributed by atoms with E-state index in [0.29, 0.717) is 16.5 Å². The van der Waals surface area contributed by atoms with Crippen LogP contribution in [0.1, 0.15) is 0 Å². The van der Waals surface area contributed by atoms with E-state index in [9.17, 15) is 0 Å². The molecular formula is C9H9ClN4. The number of anilines is 1. The predicted molar refractivity (Wildman–Crippen MR) is 57.2 cm³/mol. The highest BCUT2D eigenvalue weighted by Crippen LogP contribution is 2.25. The second-order valence-electron chi connectivity index (χ2n) is 2.90. The Balaban J connectivity index is 2.55. The summed E-state index contributed by atoms with van der Waals surface area (Å²) in [5, 5.41) is 0.647. The van der Waals surface area contributed by atoms with Crippen LogP contribution in [-0.4, -0.2) is 9.66 Å². The number of benzene rings is 1. The number of nitrogen functional groups attached to an aromatic ring is 2. The molecule has 0 amide bonds. The summed E-state index contributed by atoms with van der Waals surface area (Å²) in [6.07, 6.45) is 1.46.